The molecule has 1 aliphatic rings. The van der Waals surface area contributed by atoms with E-state index in [-0.39, 0.29) is 41.8 Å². The summed E-state index contributed by atoms with van der Waals surface area (Å²) in [6.45, 7) is 6.08. The van der Waals surface area contributed by atoms with Crippen molar-refractivity contribution in [2.45, 2.75) is 39.7 Å². The molecule has 0 aliphatic carbocycles. The average molecular weight is 626 g/mol. The number of thioether (sulfide) groups is 1. The summed E-state index contributed by atoms with van der Waals surface area (Å²) in [5.41, 5.74) is 3.80. The highest BCUT2D eigenvalue weighted by Crippen LogP contribution is 2.34. The molecule has 3 amide bonds. The number of nitrogens with one attached hydrogen (secondary N) is 1. The van der Waals surface area contributed by atoms with Crippen molar-refractivity contribution in [1.82, 2.24) is 19.7 Å². The van der Waals surface area contributed by atoms with Crippen molar-refractivity contribution in [3.63, 3.8) is 0 Å². The van der Waals surface area contributed by atoms with Crippen LogP contribution >= 0.6 is 11.8 Å². The van der Waals surface area contributed by atoms with Crippen molar-refractivity contribution in [2.24, 2.45) is 4.99 Å². The van der Waals surface area contributed by atoms with Crippen LogP contribution in [-0.4, -0.2) is 49.0 Å². The molecule has 0 spiro atoms. The van der Waals surface area contributed by atoms with Gasteiger partial charge in [0.1, 0.15) is 24.5 Å². The molecule has 2 aromatic carbocycles. The predicted octanol–water partition coefficient (Wildman–Crippen LogP) is 6.24. The molecule has 1 aliphatic heterocycles. The van der Waals surface area contributed by atoms with E-state index in [1.54, 1.807) is 12.1 Å². The van der Waals surface area contributed by atoms with Gasteiger partial charge in [0.25, 0.3) is 0 Å². The monoisotopic (exact) mass is 625 g/mol. The largest absolute Gasteiger partial charge is 0.573 e. The molecule has 4 aromatic rings. The highest BCUT2D eigenvalue weighted by Gasteiger charge is 2.33. The van der Waals surface area contributed by atoms with Crippen molar-refractivity contribution < 1.29 is 32.2 Å². The van der Waals surface area contributed by atoms with Gasteiger partial charge >= 0.3 is 18.4 Å². The number of amides is 3. The van der Waals surface area contributed by atoms with Gasteiger partial charge < -0.3 is 9.47 Å². The average Bonchev–Trinajstić information content (AvgIpc) is 3.58. The number of halogens is 3. The number of urea groups is 1. The van der Waals surface area contributed by atoms with Crippen molar-refractivity contribution in [3.8, 4) is 17.4 Å². The maximum Gasteiger partial charge on any atom is 0.573 e. The molecule has 0 radical (unpaired) electrons. The zero-order valence-corrected chi connectivity index (χ0v) is 24.5. The predicted molar refractivity (Wildman–Crippen MR) is 158 cm³/mol. The van der Waals surface area contributed by atoms with Gasteiger partial charge in [-0.2, -0.15) is 9.98 Å². The first-order chi connectivity index (χ1) is 20.9. The summed E-state index contributed by atoms with van der Waals surface area (Å²) in [5.74, 6) is 0.0992. The number of anilines is 2. The lowest BCUT2D eigenvalue weighted by atomic mass is 9.99. The van der Waals surface area contributed by atoms with Gasteiger partial charge in [-0.15, -0.1) is 18.3 Å². The minimum Gasteiger partial charge on any atom is -0.457 e. The van der Waals surface area contributed by atoms with Gasteiger partial charge in [-0.05, 0) is 60.4 Å². The first kappa shape index (κ1) is 30.5. The molecule has 0 bridgehead atoms. The molecule has 3 heterocycles. The normalized spacial score (nSPS) is 14.4. The third-order valence-corrected chi connectivity index (χ3v) is 7.17. The third-order valence-electron chi connectivity index (χ3n) is 6.24. The van der Waals surface area contributed by atoms with Gasteiger partial charge in [0.05, 0.1) is 17.1 Å². The Morgan fingerprint density at radius 3 is 2.57 bits per heavy atom. The third kappa shape index (κ3) is 7.53. The summed E-state index contributed by atoms with van der Waals surface area (Å²) < 4.78 is 47.9. The second-order valence-electron chi connectivity index (χ2n) is 9.91. The van der Waals surface area contributed by atoms with Gasteiger partial charge in [-0.25, -0.2) is 14.5 Å². The SMILES string of the molecule is Cc1ccc(C(C)C)c(N2C(=O)CSC2=NC(=O)Nc2ccc(COc3ncn(-c4ccc(OC(F)(F)F)cc4)n3)cn2)c1. The number of rotatable bonds is 8. The fraction of sp³-hybridized carbons (Fsp3) is 0.241. The molecule has 44 heavy (non-hydrogen) atoms. The van der Waals surface area contributed by atoms with Crippen LogP contribution in [0.1, 0.15) is 36.5 Å². The smallest absolute Gasteiger partial charge is 0.457 e. The molecule has 11 nitrogen and oxygen atoms in total. The van der Waals surface area contributed by atoms with E-state index in [0.29, 0.717) is 16.4 Å². The maximum absolute atomic E-state index is 12.8. The minimum absolute atomic E-state index is 0.0382. The lowest BCUT2D eigenvalue weighted by molar-refractivity contribution is -0.274. The number of aryl methyl sites for hydroxylation is 1. The number of amidine groups is 1. The molecule has 2 aromatic heterocycles. The molecule has 15 heteroatoms. The molecular formula is C29H26F3N7O4S. The Hall–Kier alpha value is -4.92. The maximum atomic E-state index is 12.8. The summed E-state index contributed by atoms with van der Waals surface area (Å²) in [4.78, 5) is 39.4. The van der Waals surface area contributed by atoms with E-state index in [1.165, 1.54) is 46.0 Å². The Morgan fingerprint density at radius 2 is 1.89 bits per heavy atom. The number of carbonyl (C=O) groups excluding carboxylic acids is 2. The quantitative estimate of drug-likeness (QED) is 0.244. The number of aromatic nitrogens is 4. The minimum atomic E-state index is -4.78. The number of aliphatic imine (C=N–C) groups is 1. The van der Waals surface area contributed by atoms with Crippen LogP contribution in [0.25, 0.3) is 5.69 Å². The molecule has 1 N–H and O–H groups in total. The first-order valence-corrected chi connectivity index (χ1v) is 14.3. The van der Waals surface area contributed by atoms with Gasteiger partial charge in [0.2, 0.25) is 5.91 Å². The molecule has 228 valence electrons. The van der Waals surface area contributed by atoms with E-state index in [9.17, 15) is 22.8 Å². The fourth-order valence-corrected chi connectivity index (χ4v) is 5.07. The van der Waals surface area contributed by atoms with Crippen LogP contribution in [0.15, 0.2) is 72.1 Å². The highest BCUT2D eigenvalue weighted by atomic mass is 32.2. The van der Waals surface area contributed by atoms with Gasteiger partial charge in [-0.3, -0.25) is 15.0 Å². The molecule has 5 rings (SSSR count). The van der Waals surface area contributed by atoms with E-state index in [0.717, 1.165) is 28.9 Å². The van der Waals surface area contributed by atoms with E-state index < -0.39 is 12.4 Å². The second-order valence-corrected chi connectivity index (χ2v) is 10.9. The number of carbonyl (C=O) groups is 2. The number of hydrogen-bond donors (Lipinski definition) is 1. The van der Waals surface area contributed by atoms with Crippen LogP contribution in [0.5, 0.6) is 11.8 Å². The zero-order valence-electron chi connectivity index (χ0n) is 23.7. The fourth-order valence-electron chi connectivity index (χ4n) is 4.21. The standard InChI is InChI=1S/C29H26F3N7O4S/c1-17(2)22-10-4-18(3)12-23(22)39-25(40)15-44-28(39)36-26(41)35-24-11-5-19(13-33-24)14-42-27-34-16-38(37-27)20-6-8-21(9-7-20)43-29(30,31)32/h4-13,16-17H,14-15H2,1-3H3,(H,33,35,41). The Morgan fingerprint density at radius 1 is 1.11 bits per heavy atom. The molecule has 1 fully saturated rings. The van der Waals surface area contributed by atoms with E-state index in [4.69, 9.17) is 4.74 Å². The van der Waals surface area contributed by atoms with Crippen LogP contribution in [0, 0.1) is 6.92 Å². The summed E-state index contributed by atoms with van der Waals surface area (Å²) in [5, 5.41) is 7.07. The van der Waals surface area contributed by atoms with Crippen LogP contribution in [-0.2, 0) is 11.4 Å². The Balaban J connectivity index is 1.18. The van der Waals surface area contributed by atoms with E-state index >= 15 is 0 Å². The molecule has 1 saturated heterocycles. The van der Waals surface area contributed by atoms with Crippen molar-refractivity contribution in [1.29, 1.82) is 0 Å². The molecule has 0 atom stereocenters. The number of hydrogen-bond acceptors (Lipinski definition) is 8. The van der Waals surface area contributed by atoms with Gasteiger partial charge in [0, 0.05) is 11.8 Å². The number of ether oxygens (including phenoxy) is 2. The van der Waals surface area contributed by atoms with Crippen molar-refractivity contribution in [2.75, 3.05) is 16.0 Å². The lowest BCUT2D eigenvalue weighted by Gasteiger charge is -2.22. The number of pyridine rings is 1. The van der Waals surface area contributed by atoms with Crippen LogP contribution in [0.4, 0.5) is 29.5 Å². The van der Waals surface area contributed by atoms with E-state index in [1.807, 2.05) is 39.0 Å². The molecule has 0 saturated carbocycles. The molecule has 0 unspecified atom stereocenters. The van der Waals surface area contributed by atoms with Crippen molar-refractivity contribution >= 4 is 40.4 Å². The zero-order chi connectivity index (χ0) is 31.4. The topological polar surface area (TPSA) is 124 Å². The van der Waals surface area contributed by atoms with Crippen LogP contribution < -0.4 is 19.7 Å². The second kappa shape index (κ2) is 12.8. The van der Waals surface area contributed by atoms with E-state index in [2.05, 4.69) is 30.1 Å². The Bertz CT molecular complexity index is 1690. The number of nitrogens with zero attached hydrogens (tertiary/aromatic N) is 6. The van der Waals surface area contributed by atoms with Gasteiger partial charge in [-0.1, -0.05) is 43.8 Å². The summed E-state index contributed by atoms with van der Waals surface area (Å²) >= 11 is 1.20. The number of alkyl halides is 3. The van der Waals surface area contributed by atoms with Crippen LogP contribution in [0.3, 0.4) is 0 Å². The number of benzene rings is 2. The lowest BCUT2D eigenvalue weighted by Crippen LogP contribution is -2.31. The van der Waals surface area contributed by atoms with Crippen LogP contribution in [0.2, 0.25) is 0 Å². The Kier molecular flexibility index (Phi) is 8.85. The summed E-state index contributed by atoms with van der Waals surface area (Å²) in [6, 6.07) is 13.6. The summed E-state index contributed by atoms with van der Waals surface area (Å²) in [7, 11) is 0. The highest BCUT2D eigenvalue weighted by molar-refractivity contribution is 8.15. The summed E-state index contributed by atoms with van der Waals surface area (Å²) in [6.07, 6.45) is -1.92. The first-order valence-electron chi connectivity index (χ1n) is 13.3. The Labute approximate surface area is 254 Å². The molecular weight excluding hydrogens is 599 g/mol. The van der Waals surface area contributed by atoms with Crippen molar-refractivity contribution in [3.05, 3.63) is 83.8 Å². The van der Waals surface area contributed by atoms with Gasteiger partial charge in [0.15, 0.2) is 5.17 Å².